The van der Waals surface area contributed by atoms with E-state index in [4.69, 9.17) is 9.84 Å². The largest absolute Gasteiger partial charge is 0.466 e. The number of aromatic nitrogens is 2. The van der Waals surface area contributed by atoms with Gasteiger partial charge in [-0.3, -0.25) is 14.3 Å². The third-order valence-electron chi connectivity index (χ3n) is 3.39. The number of aliphatic hydroxyl groups excluding tert-OH is 3. The number of hydrogen-bond donors (Lipinski definition) is 4. The molecule has 0 aromatic carbocycles. The zero-order chi connectivity index (χ0) is 17.1. The van der Waals surface area contributed by atoms with Gasteiger partial charge in [0.1, 0.15) is 18.3 Å². The summed E-state index contributed by atoms with van der Waals surface area (Å²) >= 11 is 0. The molecule has 2 rings (SSSR count). The second-order valence-corrected chi connectivity index (χ2v) is 4.84. The van der Waals surface area contributed by atoms with Crippen molar-refractivity contribution in [2.45, 2.75) is 24.5 Å². The minimum Gasteiger partial charge on any atom is -0.466 e. The molecule has 10 heteroatoms. The summed E-state index contributed by atoms with van der Waals surface area (Å²) in [6.07, 6.45) is -2.05. The summed E-state index contributed by atoms with van der Waals surface area (Å²) in [6, 6.07) is 0. The van der Waals surface area contributed by atoms with Crippen LogP contribution in [0.15, 0.2) is 21.9 Å². The van der Waals surface area contributed by atoms with Crippen molar-refractivity contribution in [1.82, 2.24) is 9.55 Å². The zero-order valence-corrected chi connectivity index (χ0v) is 12.1. The smallest absolute Gasteiger partial charge is 0.330 e. The Bertz CT molecular complexity index is 721. The van der Waals surface area contributed by atoms with Crippen LogP contribution in [-0.2, 0) is 14.3 Å². The Labute approximate surface area is 129 Å². The van der Waals surface area contributed by atoms with Gasteiger partial charge in [-0.2, -0.15) is 0 Å². The van der Waals surface area contributed by atoms with E-state index in [-0.39, 0.29) is 5.56 Å². The van der Waals surface area contributed by atoms with E-state index in [9.17, 15) is 24.6 Å². The standard InChI is InChI=1S/C13H16N2O8/c1-22-8(17)3-2-6-4-15(13(21)14-11(6)20)12-10(19)9(18)7(5-16)23-12/h2-4,7,9-10,12,16,18-19H,5H2,1H3,(H,14,20,21)/t7-,9?,10?,12-/m0/s1. The maximum absolute atomic E-state index is 11.9. The van der Waals surface area contributed by atoms with Gasteiger partial charge in [-0.25, -0.2) is 9.59 Å². The number of rotatable bonds is 4. The lowest BCUT2D eigenvalue weighted by Gasteiger charge is -2.17. The second kappa shape index (κ2) is 6.87. The number of nitrogens with one attached hydrogen (secondary N) is 1. The van der Waals surface area contributed by atoms with Gasteiger partial charge in [0.2, 0.25) is 0 Å². The lowest BCUT2D eigenvalue weighted by atomic mass is 10.1. The van der Waals surface area contributed by atoms with Gasteiger partial charge in [-0.15, -0.1) is 0 Å². The summed E-state index contributed by atoms with van der Waals surface area (Å²) in [5.74, 6) is -0.699. The predicted octanol–water partition coefficient (Wildman–Crippen LogP) is -2.67. The molecule has 1 saturated heterocycles. The average Bonchev–Trinajstić information content (AvgIpc) is 2.81. The number of H-pyrrole nitrogens is 1. The van der Waals surface area contributed by atoms with Crippen LogP contribution >= 0.6 is 0 Å². The van der Waals surface area contributed by atoms with E-state index >= 15 is 0 Å². The Morgan fingerprint density at radius 3 is 2.70 bits per heavy atom. The lowest BCUT2D eigenvalue weighted by molar-refractivity contribution is -0.134. The van der Waals surface area contributed by atoms with E-state index in [1.54, 1.807) is 0 Å². The Morgan fingerprint density at radius 1 is 1.43 bits per heavy atom. The van der Waals surface area contributed by atoms with Gasteiger partial charge in [0.15, 0.2) is 6.23 Å². The molecule has 0 bridgehead atoms. The van der Waals surface area contributed by atoms with Crippen LogP contribution in [-0.4, -0.2) is 62.9 Å². The summed E-state index contributed by atoms with van der Waals surface area (Å²) in [7, 11) is 1.16. The minimum atomic E-state index is -1.48. The summed E-state index contributed by atoms with van der Waals surface area (Å²) in [5, 5.41) is 28.7. The van der Waals surface area contributed by atoms with Crippen molar-refractivity contribution in [2.75, 3.05) is 13.7 Å². The number of nitrogens with zero attached hydrogens (tertiary/aromatic N) is 1. The summed E-state index contributed by atoms with van der Waals surface area (Å²) < 4.78 is 10.5. The number of ether oxygens (including phenoxy) is 2. The van der Waals surface area contributed by atoms with E-state index in [2.05, 4.69) is 4.74 Å². The van der Waals surface area contributed by atoms with Gasteiger partial charge in [0, 0.05) is 12.3 Å². The summed E-state index contributed by atoms with van der Waals surface area (Å²) in [6.45, 7) is -0.554. The molecule has 1 aliphatic rings. The highest BCUT2D eigenvalue weighted by Gasteiger charge is 2.43. The van der Waals surface area contributed by atoms with E-state index < -0.39 is 48.4 Å². The van der Waals surface area contributed by atoms with Crippen molar-refractivity contribution in [3.05, 3.63) is 38.7 Å². The molecule has 1 aromatic rings. The molecule has 10 nitrogen and oxygen atoms in total. The highest BCUT2D eigenvalue weighted by molar-refractivity contribution is 5.86. The Hall–Kier alpha value is -2.27. The van der Waals surface area contributed by atoms with Crippen LogP contribution in [0.3, 0.4) is 0 Å². The van der Waals surface area contributed by atoms with Crippen molar-refractivity contribution in [3.8, 4) is 0 Å². The van der Waals surface area contributed by atoms with Gasteiger partial charge < -0.3 is 24.8 Å². The van der Waals surface area contributed by atoms with Gasteiger partial charge >= 0.3 is 11.7 Å². The van der Waals surface area contributed by atoms with Gasteiger partial charge in [-0.1, -0.05) is 0 Å². The number of aliphatic hydroxyl groups is 3. The van der Waals surface area contributed by atoms with Crippen molar-refractivity contribution < 1.29 is 29.6 Å². The van der Waals surface area contributed by atoms with Gasteiger partial charge in [0.25, 0.3) is 5.56 Å². The third kappa shape index (κ3) is 3.40. The Kier molecular flexibility index (Phi) is 5.11. The van der Waals surface area contributed by atoms with Gasteiger partial charge in [0.05, 0.1) is 19.3 Å². The number of hydrogen-bond acceptors (Lipinski definition) is 8. The molecule has 0 radical (unpaired) electrons. The fourth-order valence-corrected chi connectivity index (χ4v) is 2.14. The molecule has 4 N–H and O–H groups in total. The molecule has 0 amide bonds. The summed E-state index contributed by atoms with van der Waals surface area (Å²) in [4.78, 5) is 36.7. The fourth-order valence-electron chi connectivity index (χ4n) is 2.14. The molecule has 23 heavy (non-hydrogen) atoms. The summed E-state index contributed by atoms with van der Waals surface area (Å²) in [5.41, 5.74) is -1.69. The molecular formula is C13H16N2O8. The van der Waals surface area contributed by atoms with Crippen LogP contribution in [0.25, 0.3) is 6.08 Å². The van der Waals surface area contributed by atoms with E-state index in [0.29, 0.717) is 0 Å². The van der Waals surface area contributed by atoms with Crippen LogP contribution < -0.4 is 11.2 Å². The highest BCUT2D eigenvalue weighted by Crippen LogP contribution is 2.27. The van der Waals surface area contributed by atoms with Crippen molar-refractivity contribution in [3.63, 3.8) is 0 Å². The normalized spacial score (nSPS) is 27.5. The zero-order valence-electron chi connectivity index (χ0n) is 12.1. The molecule has 126 valence electrons. The second-order valence-electron chi connectivity index (χ2n) is 4.84. The van der Waals surface area contributed by atoms with Crippen LogP contribution in [0.5, 0.6) is 0 Å². The van der Waals surface area contributed by atoms with E-state index in [0.717, 1.165) is 30.0 Å². The molecule has 0 aliphatic carbocycles. The van der Waals surface area contributed by atoms with Gasteiger partial charge in [-0.05, 0) is 6.08 Å². The first-order chi connectivity index (χ1) is 10.9. The van der Waals surface area contributed by atoms with Crippen LogP contribution in [0.4, 0.5) is 0 Å². The first-order valence-electron chi connectivity index (χ1n) is 6.63. The maximum atomic E-state index is 11.9. The third-order valence-corrected chi connectivity index (χ3v) is 3.39. The van der Waals surface area contributed by atoms with Crippen molar-refractivity contribution >= 4 is 12.0 Å². The molecule has 2 heterocycles. The van der Waals surface area contributed by atoms with E-state index in [1.165, 1.54) is 0 Å². The number of carbonyl (C=O) groups is 1. The monoisotopic (exact) mass is 328 g/mol. The number of methoxy groups -OCH3 is 1. The quantitative estimate of drug-likeness (QED) is 0.345. The highest BCUT2D eigenvalue weighted by atomic mass is 16.6. The number of aromatic amines is 1. The lowest BCUT2D eigenvalue weighted by Crippen LogP contribution is -2.38. The van der Waals surface area contributed by atoms with Crippen molar-refractivity contribution in [2.24, 2.45) is 0 Å². The Balaban J connectivity index is 2.40. The van der Waals surface area contributed by atoms with Crippen LogP contribution in [0.1, 0.15) is 11.8 Å². The first-order valence-corrected chi connectivity index (χ1v) is 6.63. The SMILES string of the molecule is COC(=O)C=Cc1cn([C@H]2O[C@@H](CO)C(O)C2O)c(=O)[nH]c1=O. The molecule has 1 aromatic heterocycles. The molecule has 1 fully saturated rings. The first kappa shape index (κ1) is 17.1. The Morgan fingerprint density at radius 2 is 2.13 bits per heavy atom. The average molecular weight is 328 g/mol. The number of esters is 1. The molecule has 0 spiro atoms. The molecule has 2 unspecified atom stereocenters. The molecular weight excluding hydrogens is 312 g/mol. The molecule has 0 saturated carbocycles. The predicted molar refractivity (Wildman–Crippen MR) is 75.4 cm³/mol. The molecule has 4 atom stereocenters. The van der Waals surface area contributed by atoms with Crippen LogP contribution in [0, 0.1) is 0 Å². The van der Waals surface area contributed by atoms with Crippen molar-refractivity contribution in [1.29, 1.82) is 0 Å². The fraction of sp³-hybridized carbons (Fsp3) is 0.462. The topological polar surface area (TPSA) is 151 Å². The minimum absolute atomic E-state index is 0.0623. The van der Waals surface area contributed by atoms with Crippen LogP contribution in [0.2, 0.25) is 0 Å². The molecule has 1 aliphatic heterocycles. The van der Waals surface area contributed by atoms with E-state index in [1.807, 2.05) is 4.98 Å². The maximum Gasteiger partial charge on any atom is 0.330 e. The number of carbonyl (C=O) groups excluding carboxylic acids is 1.